The van der Waals surface area contributed by atoms with E-state index in [0.717, 1.165) is 0 Å². The second kappa shape index (κ2) is 8.57. The molecule has 20 heavy (non-hydrogen) atoms. The second-order valence-corrected chi connectivity index (χ2v) is 9.05. The van der Waals surface area contributed by atoms with E-state index in [1.807, 2.05) is 0 Å². The van der Waals surface area contributed by atoms with Crippen molar-refractivity contribution in [2.45, 2.75) is 44.9 Å². The van der Waals surface area contributed by atoms with E-state index in [1.54, 1.807) is 16.7 Å². The Balaban J connectivity index is 0.000000452. The Bertz CT molecular complexity index is 491. The normalized spacial score (nSPS) is 20.8. The van der Waals surface area contributed by atoms with E-state index < -0.39 is 20.8 Å². The standard InChI is InChI=1S/C17H20.2ClH.Zr/c1-2-13-11-15-9-6-10-16(17(15)12-13)14-7-4-3-5-8-14;;;/h3-5,7-8,12,16H,2,6,9-11H2,1H3;2*1H;/q;;;+2/p-2. The molecular formula is C17H20Cl2Zr. The molecule has 0 nitrogen and oxygen atoms in total. The summed E-state index contributed by atoms with van der Waals surface area (Å²) in [6.07, 6.45) is 8.99. The van der Waals surface area contributed by atoms with Gasteiger partial charge in [-0.3, -0.25) is 0 Å². The van der Waals surface area contributed by atoms with Crippen LogP contribution in [0.5, 0.6) is 0 Å². The van der Waals surface area contributed by atoms with E-state index in [4.69, 9.17) is 17.0 Å². The summed E-state index contributed by atoms with van der Waals surface area (Å²) in [5.41, 5.74) is 6.52. The first-order valence-corrected chi connectivity index (χ1v) is 13.6. The van der Waals surface area contributed by atoms with Crippen LogP contribution in [0.4, 0.5) is 0 Å². The summed E-state index contributed by atoms with van der Waals surface area (Å²) in [4.78, 5) is 0. The minimum atomic E-state index is -0.826. The van der Waals surface area contributed by atoms with Crippen molar-refractivity contribution < 1.29 is 20.8 Å². The Morgan fingerprint density at radius 3 is 2.55 bits per heavy atom. The number of allylic oxidation sites excluding steroid dienone is 4. The zero-order valence-corrected chi connectivity index (χ0v) is 15.8. The monoisotopic (exact) mass is 384 g/mol. The quantitative estimate of drug-likeness (QED) is 0.554. The average molecular weight is 386 g/mol. The zero-order valence-electron chi connectivity index (χ0n) is 11.8. The molecule has 3 heteroatoms. The molecular weight excluding hydrogens is 366 g/mol. The topological polar surface area (TPSA) is 0 Å². The Labute approximate surface area is 140 Å². The molecule has 0 fully saturated rings. The average Bonchev–Trinajstić information content (AvgIpc) is 2.92. The van der Waals surface area contributed by atoms with Crippen LogP contribution in [0.3, 0.4) is 0 Å². The van der Waals surface area contributed by atoms with Gasteiger partial charge in [0.2, 0.25) is 0 Å². The molecule has 0 saturated heterocycles. The molecule has 2 aliphatic rings. The van der Waals surface area contributed by atoms with Crippen molar-refractivity contribution >= 4 is 17.0 Å². The van der Waals surface area contributed by atoms with Gasteiger partial charge in [0.25, 0.3) is 0 Å². The van der Waals surface area contributed by atoms with Crippen LogP contribution in [0.15, 0.2) is 53.1 Å². The molecule has 0 saturated carbocycles. The predicted octanol–water partition coefficient (Wildman–Crippen LogP) is 6.37. The van der Waals surface area contributed by atoms with E-state index in [2.05, 4.69) is 43.3 Å². The fourth-order valence-electron chi connectivity index (χ4n) is 3.26. The van der Waals surface area contributed by atoms with Crippen LogP contribution in [0, 0.1) is 0 Å². The molecule has 0 amide bonds. The summed E-state index contributed by atoms with van der Waals surface area (Å²) in [6, 6.07) is 11.0. The summed E-state index contributed by atoms with van der Waals surface area (Å²) < 4.78 is 0. The zero-order chi connectivity index (χ0) is 14.4. The van der Waals surface area contributed by atoms with Crippen LogP contribution in [-0.4, -0.2) is 0 Å². The molecule has 0 aliphatic heterocycles. The van der Waals surface area contributed by atoms with Gasteiger partial charge in [0.1, 0.15) is 0 Å². The van der Waals surface area contributed by atoms with Crippen molar-refractivity contribution in [3.8, 4) is 0 Å². The van der Waals surface area contributed by atoms with E-state index in [9.17, 15) is 0 Å². The Kier molecular flexibility index (Phi) is 7.08. The molecule has 106 valence electrons. The molecule has 2 aliphatic carbocycles. The Hall–Kier alpha value is 0.163. The summed E-state index contributed by atoms with van der Waals surface area (Å²) in [5, 5.41) is 0. The van der Waals surface area contributed by atoms with Crippen LogP contribution in [0.1, 0.15) is 50.5 Å². The van der Waals surface area contributed by atoms with Crippen LogP contribution < -0.4 is 0 Å². The maximum absolute atomic E-state index is 4.93. The van der Waals surface area contributed by atoms with Gasteiger partial charge in [-0.2, -0.15) is 0 Å². The van der Waals surface area contributed by atoms with Crippen molar-refractivity contribution in [2.75, 3.05) is 0 Å². The Morgan fingerprint density at radius 1 is 1.20 bits per heavy atom. The maximum atomic E-state index is 4.93. The van der Waals surface area contributed by atoms with Crippen LogP contribution in [0.2, 0.25) is 0 Å². The molecule has 0 spiro atoms. The number of rotatable bonds is 2. The van der Waals surface area contributed by atoms with E-state index >= 15 is 0 Å². The molecule has 1 atom stereocenters. The van der Waals surface area contributed by atoms with Crippen LogP contribution in [-0.2, 0) is 20.8 Å². The molecule has 0 radical (unpaired) electrons. The van der Waals surface area contributed by atoms with Crippen molar-refractivity contribution in [2.24, 2.45) is 0 Å². The Morgan fingerprint density at radius 2 is 1.90 bits per heavy atom. The minimum absolute atomic E-state index is 0.670. The molecule has 0 bridgehead atoms. The van der Waals surface area contributed by atoms with Gasteiger partial charge >= 0.3 is 37.9 Å². The summed E-state index contributed by atoms with van der Waals surface area (Å²) in [7, 11) is 9.87. The van der Waals surface area contributed by atoms with E-state index in [1.165, 1.54) is 37.7 Å². The van der Waals surface area contributed by atoms with Gasteiger partial charge in [-0.05, 0) is 43.2 Å². The fraction of sp³-hybridized carbons (Fsp3) is 0.412. The fourth-order valence-corrected chi connectivity index (χ4v) is 3.26. The first kappa shape index (κ1) is 16.5. The van der Waals surface area contributed by atoms with E-state index in [-0.39, 0.29) is 0 Å². The predicted molar refractivity (Wildman–Crippen MR) is 84.8 cm³/mol. The number of hydrogen-bond donors (Lipinski definition) is 0. The van der Waals surface area contributed by atoms with Gasteiger partial charge in [-0.1, -0.05) is 54.5 Å². The third-order valence-electron chi connectivity index (χ3n) is 4.21. The van der Waals surface area contributed by atoms with Crippen molar-refractivity contribution in [3.63, 3.8) is 0 Å². The van der Waals surface area contributed by atoms with Gasteiger partial charge in [-0.25, -0.2) is 0 Å². The first-order valence-electron chi connectivity index (χ1n) is 7.22. The number of halogens is 2. The molecule has 0 N–H and O–H groups in total. The molecule has 3 rings (SSSR count). The van der Waals surface area contributed by atoms with Gasteiger partial charge in [0.05, 0.1) is 0 Å². The SMILES string of the molecule is CCC1=CC2=C(CCCC2c2ccccc2)C1.[Cl][Zr][Cl]. The molecule has 1 aromatic carbocycles. The number of benzene rings is 1. The third kappa shape index (κ3) is 4.09. The van der Waals surface area contributed by atoms with Crippen LogP contribution in [0.25, 0.3) is 0 Å². The van der Waals surface area contributed by atoms with Crippen molar-refractivity contribution in [1.29, 1.82) is 0 Å². The van der Waals surface area contributed by atoms with Gasteiger partial charge in [-0.15, -0.1) is 0 Å². The molecule has 1 unspecified atom stereocenters. The summed E-state index contributed by atoms with van der Waals surface area (Å²) >= 11 is -0.826. The van der Waals surface area contributed by atoms with E-state index in [0.29, 0.717) is 5.92 Å². The first-order chi connectivity index (χ1) is 9.80. The molecule has 0 aromatic heterocycles. The van der Waals surface area contributed by atoms with Gasteiger partial charge in [0, 0.05) is 5.92 Å². The van der Waals surface area contributed by atoms with Gasteiger partial charge < -0.3 is 0 Å². The second-order valence-electron chi connectivity index (χ2n) is 5.32. The molecule has 0 heterocycles. The summed E-state index contributed by atoms with van der Waals surface area (Å²) in [6.45, 7) is 2.28. The summed E-state index contributed by atoms with van der Waals surface area (Å²) in [5.74, 6) is 0.670. The molecule has 1 aromatic rings. The van der Waals surface area contributed by atoms with Crippen LogP contribution >= 0.6 is 17.0 Å². The van der Waals surface area contributed by atoms with Crippen molar-refractivity contribution in [1.82, 2.24) is 0 Å². The third-order valence-corrected chi connectivity index (χ3v) is 4.21. The van der Waals surface area contributed by atoms with Gasteiger partial charge in [0.15, 0.2) is 0 Å². The van der Waals surface area contributed by atoms with Crippen molar-refractivity contribution in [3.05, 3.63) is 58.7 Å². The number of hydrogen-bond acceptors (Lipinski definition) is 0.